The standard InChI is InChI=1S/C17H11N3O3/c18-8-13-9-20(16-7-12(17(22)23)5-6-19-16)10-15(13)11-1-3-14(21)4-2-11/h1-7,9-10,21H,(H,22,23). The van der Waals surface area contributed by atoms with Crippen LogP contribution in [0.2, 0.25) is 0 Å². The van der Waals surface area contributed by atoms with E-state index < -0.39 is 5.97 Å². The van der Waals surface area contributed by atoms with Crippen LogP contribution in [0.3, 0.4) is 0 Å². The lowest BCUT2D eigenvalue weighted by Gasteiger charge is -2.02. The van der Waals surface area contributed by atoms with E-state index in [1.807, 2.05) is 0 Å². The van der Waals surface area contributed by atoms with Gasteiger partial charge >= 0.3 is 5.97 Å². The van der Waals surface area contributed by atoms with Gasteiger partial charge in [0, 0.05) is 24.2 Å². The molecule has 0 fully saturated rings. The van der Waals surface area contributed by atoms with E-state index in [1.54, 1.807) is 29.1 Å². The third-order valence-corrected chi connectivity index (χ3v) is 3.38. The Kier molecular flexibility index (Phi) is 3.53. The molecule has 0 aliphatic carbocycles. The second kappa shape index (κ2) is 5.66. The molecule has 2 aromatic heterocycles. The minimum absolute atomic E-state index is 0.119. The van der Waals surface area contributed by atoms with Crippen molar-refractivity contribution in [2.24, 2.45) is 0 Å². The normalized spacial score (nSPS) is 10.2. The van der Waals surface area contributed by atoms with Crippen LogP contribution in [0.1, 0.15) is 15.9 Å². The number of carboxylic acids is 1. The maximum absolute atomic E-state index is 11.1. The second-order valence-electron chi connectivity index (χ2n) is 4.86. The summed E-state index contributed by atoms with van der Waals surface area (Å²) in [6, 6.07) is 11.4. The Morgan fingerprint density at radius 3 is 2.57 bits per heavy atom. The van der Waals surface area contributed by atoms with Gasteiger partial charge in [0.1, 0.15) is 17.6 Å². The smallest absolute Gasteiger partial charge is 0.335 e. The molecule has 0 bridgehead atoms. The van der Waals surface area contributed by atoms with Crippen LogP contribution < -0.4 is 0 Å². The first-order chi connectivity index (χ1) is 11.1. The Morgan fingerprint density at radius 1 is 1.17 bits per heavy atom. The maximum Gasteiger partial charge on any atom is 0.335 e. The van der Waals surface area contributed by atoms with E-state index >= 15 is 0 Å². The molecule has 0 saturated carbocycles. The Bertz CT molecular complexity index is 921. The van der Waals surface area contributed by atoms with Crippen LogP contribution >= 0.6 is 0 Å². The molecule has 1 aromatic carbocycles. The molecule has 23 heavy (non-hydrogen) atoms. The summed E-state index contributed by atoms with van der Waals surface area (Å²) in [6.45, 7) is 0. The minimum atomic E-state index is -1.04. The first kappa shape index (κ1) is 14.4. The summed E-state index contributed by atoms with van der Waals surface area (Å²) >= 11 is 0. The van der Waals surface area contributed by atoms with Gasteiger partial charge in [0.15, 0.2) is 0 Å². The summed E-state index contributed by atoms with van der Waals surface area (Å²) in [6.07, 6.45) is 4.71. The minimum Gasteiger partial charge on any atom is -0.508 e. The Hall–Kier alpha value is -3.59. The number of aromatic hydroxyl groups is 1. The van der Waals surface area contributed by atoms with Crippen molar-refractivity contribution < 1.29 is 15.0 Å². The van der Waals surface area contributed by atoms with E-state index in [0.29, 0.717) is 16.9 Å². The first-order valence-corrected chi connectivity index (χ1v) is 6.69. The number of hydrogen-bond acceptors (Lipinski definition) is 4. The van der Waals surface area contributed by atoms with Gasteiger partial charge in [-0.3, -0.25) is 0 Å². The van der Waals surface area contributed by atoms with Gasteiger partial charge in [-0.1, -0.05) is 12.1 Å². The molecule has 2 N–H and O–H groups in total. The first-order valence-electron chi connectivity index (χ1n) is 6.69. The summed E-state index contributed by atoms with van der Waals surface area (Å²) < 4.78 is 1.60. The zero-order valence-corrected chi connectivity index (χ0v) is 11.8. The van der Waals surface area contributed by atoms with Crippen molar-refractivity contribution in [3.05, 3.63) is 66.1 Å². The SMILES string of the molecule is N#Cc1cn(-c2cc(C(=O)O)ccn2)cc1-c1ccc(O)cc1. The lowest BCUT2D eigenvalue weighted by atomic mass is 10.1. The van der Waals surface area contributed by atoms with Crippen LogP contribution in [-0.4, -0.2) is 25.7 Å². The number of nitrogens with zero attached hydrogens (tertiary/aromatic N) is 3. The summed E-state index contributed by atoms with van der Waals surface area (Å²) in [5, 5.41) is 27.7. The number of benzene rings is 1. The van der Waals surface area contributed by atoms with E-state index in [1.165, 1.54) is 30.5 Å². The molecule has 3 rings (SSSR count). The molecular formula is C17H11N3O3. The molecule has 6 nitrogen and oxygen atoms in total. The summed E-state index contributed by atoms with van der Waals surface area (Å²) in [5.41, 5.74) is 1.99. The number of hydrogen-bond donors (Lipinski definition) is 2. The lowest BCUT2D eigenvalue weighted by Crippen LogP contribution is -2.00. The van der Waals surface area contributed by atoms with Crippen LogP contribution in [0.25, 0.3) is 16.9 Å². The zero-order chi connectivity index (χ0) is 16.4. The molecule has 0 atom stereocenters. The number of nitriles is 1. The molecule has 6 heteroatoms. The molecule has 0 amide bonds. The number of rotatable bonds is 3. The van der Waals surface area contributed by atoms with Crippen molar-refractivity contribution in [3.63, 3.8) is 0 Å². The van der Waals surface area contributed by atoms with Crippen molar-refractivity contribution in [2.75, 3.05) is 0 Å². The average molecular weight is 305 g/mol. The largest absolute Gasteiger partial charge is 0.508 e. The molecule has 112 valence electrons. The van der Waals surface area contributed by atoms with Crippen molar-refractivity contribution in [3.8, 4) is 28.8 Å². The van der Waals surface area contributed by atoms with E-state index in [-0.39, 0.29) is 11.3 Å². The molecule has 0 spiro atoms. The zero-order valence-electron chi connectivity index (χ0n) is 11.8. The average Bonchev–Trinajstić information content (AvgIpc) is 3.00. The van der Waals surface area contributed by atoms with E-state index in [2.05, 4.69) is 11.1 Å². The van der Waals surface area contributed by atoms with Gasteiger partial charge in [0.2, 0.25) is 0 Å². The number of phenolic OH excluding ortho intramolecular Hbond substituents is 1. The van der Waals surface area contributed by atoms with Crippen LogP contribution in [0.5, 0.6) is 5.75 Å². The molecular weight excluding hydrogens is 294 g/mol. The van der Waals surface area contributed by atoms with Crippen molar-refractivity contribution in [2.45, 2.75) is 0 Å². The second-order valence-corrected chi connectivity index (χ2v) is 4.86. The Balaban J connectivity index is 2.09. The lowest BCUT2D eigenvalue weighted by molar-refractivity contribution is 0.0696. The fraction of sp³-hybridized carbons (Fsp3) is 0. The van der Waals surface area contributed by atoms with E-state index in [0.717, 1.165) is 5.56 Å². The van der Waals surface area contributed by atoms with E-state index in [4.69, 9.17) is 5.11 Å². The topological polar surface area (TPSA) is 99.1 Å². The van der Waals surface area contributed by atoms with E-state index in [9.17, 15) is 15.2 Å². The Labute approximate surface area is 131 Å². The highest BCUT2D eigenvalue weighted by molar-refractivity contribution is 5.88. The number of carboxylic acid groups (broad SMARTS) is 1. The molecule has 0 unspecified atom stereocenters. The molecule has 2 heterocycles. The number of carbonyl (C=O) groups is 1. The molecule has 0 radical (unpaired) electrons. The predicted octanol–water partition coefficient (Wildman–Crippen LogP) is 2.81. The number of aromatic carboxylic acids is 1. The van der Waals surface area contributed by atoms with Crippen LogP contribution in [-0.2, 0) is 0 Å². The fourth-order valence-electron chi connectivity index (χ4n) is 2.24. The van der Waals surface area contributed by atoms with Crippen molar-refractivity contribution >= 4 is 5.97 Å². The highest BCUT2D eigenvalue weighted by Gasteiger charge is 2.12. The molecule has 0 saturated heterocycles. The van der Waals surface area contributed by atoms with Gasteiger partial charge in [-0.25, -0.2) is 9.78 Å². The third-order valence-electron chi connectivity index (χ3n) is 3.38. The van der Waals surface area contributed by atoms with Crippen LogP contribution in [0.15, 0.2) is 55.0 Å². The van der Waals surface area contributed by atoms with Gasteiger partial charge in [0.05, 0.1) is 11.1 Å². The maximum atomic E-state index is 11.1. The quantitative estimate of drug-likeness (QED) is 0.775. The molecule has 0 aliphatic rings. The highest BCUT2D eigenvalue weighted by Crippen LogP contribution is 2.27. The highest BCUT2D eigenvalue weighted by atomic mass is 16.4. The van der Waals surface area contributed by atoms with Crippen molar-refractivity contribution in [1.82, 2.24) is 9.55 Å². The monoisotopic (exact) mass is 305 g/mol. The predicted molar refractivity (Wildman–Crippen MR) is 82.3 cm³/mol. The number of pyridine rings is 1. The summed E-state index contributed by atoms with van der Waals surface area (Å²) in [5.74, 6) is -0.492. The van der Waals surface area contributed by atoms with Crippen molar-refractivity contribution in [1.29, 1.82) is 5.26 Å². The van der Waals surface area contributed by atoms with Gasteiger partial charge in [-0.15, -0.1) is 0 Å². The Morgan fingerprint density at radius 2 is 1.91 bits per heavy atom. The third kappa shape index (κ3) is 2.76. The summed E-state index contributed by atoms with van der Waals surface area (Å²) in [7, 11) is 0. The molecule has 3 aromatic rings. The molecule has 0 aliphatic heterocycles. The summed E-state index contributed by atoms with van der Waals surface area (Å²) in [4.78, 5) is 15.2. The van der Waals surface area contributed by atoms with Gasteiger partial charge in [-0.05, 0) is 29.8 Å². The fourth-order valence-corrected chi connectivity index (χ4v) is 2.24. The van der Waals surface area contributed by atoms with Gasteiger partial charge in [-0.2, -0.15) is 5.26 Å². The van der Waals surface area contributed by atoms with Crippen LogP contribution in [0, 0.1) is 11.3 Å². The number of phenols is 1. The van der Waals surface area contributed by atoms with Gasteiger partial charge in [0.25, 0.3) is 0 Å². The van der Waals surface area contributed by atoms with Crippen LogP contribution in [0.4, 0.5) is 0 Å². The van der Waals surface area contributed by atoms with Gasteiger partial charge < -0.3 is 14.8 Å². The number of aromatic nitrogens is 2.